The van der Waals surface area contributed by atoms with Crippen LogP contribution in [0.4, 0.5) is 0 Å². The summed E-state index contributed by atoms with van der Waals surface area (Å²) in [6.07, 6.45) is 3.84. The van der Waals surface area contributed by atoms with Crippen LogP contribution in [0.2, 0.25) is 0 Å². The molecule has 0 amide bonds. The topological polar surface area (TPSA) is 39.1 Å². The quantitative estimate of drug-likeness (QED) is 0.865. The zero-order valence-electron chi connectivity index (χ0n) is 11.8. The first-order valence-corrected chi connectivity index (χ1v) is 6.53. The molecule has 19 heavy (non-hydrogen) atoms. The van der Waals surface area contributed by atoms with E-state index in [1.807, 2.05) is 43.2 Å². The third-order valence-electron chi connectivity index (χ3n) is 3.47. The van der Waals surface area contributed by atoms with Gasteiger partial charge in [-0.2, -0.15) is 5.10 Å². The van der Waals surface area contributed by atoms with Gasteiger partial charge in [-0.25, -0.2) is 0 Å². The maximum absolute atomic E-state index is 5.43. The zero-order chi connectivity index (χ0) is 13.7. The Kier molecular flexibility index (Phi) is 4.58. The molecule has 1 unspecified atom stereocenters. The molecule has 0 aliphatic carbocycles. The fourth-order valence-electron chi connectivity index (χ4n) is 2.35. The number of aromatic nitrogens is 2. The van der Waals surface area contributed by atoms with Crippen molar-refractivity contribution >= 4 is 0 Å². The molecule has 2 rings (SSSR count). The minimum atomic E-state index is 0.283. The van der Waals surface area contributed by atoms with Crippen LogP contribution >= 0.6 is 0 Å². The van der Waals surface area contributed by atoms with Gasteiger partial charge < -0.3 is 10.1 Å². The van der Waals surface area contributed by atoms with Crippen LogP contribution in [0.25, 0.3) is 0 Å². The van der Waals surface area contributed by atoms with Gasteiger partial charge in [0.05, 0.1) is 7.11 Å². The number of hydrogen-bond acceptors (Lipinski definition) is 3. The van der Waals surface area contributed by atoms with Crippen LogP contribution in [0.1, 0.15) is 23.7 Å². The van der Waals surface area contributed by atoms with Crippen molar-refractivity contribution in [2.45, 2.75) is 18.9 Å². The van der Waals surface area contributed by atoms with E-state index in [1.165, 1.54) is 11.3 Å². The Morgan fingerprint density at radius 3 is 2.74 bits per heavy atom. The lowest BCUT2D eigenvalue weighted by atomic mass is 10.00. The molecule has 0 radical (unpaired) electrons. The molecule has 0 aliphatic rings. The highest BCUT2D eigenvalue weighted by atomic mass is 16.5. The molecular formula is C15H21N3O. The van der Waals surface area contributed by atoms with E-state index in [9.17, 15) is 0 Å². The highest BCUT2D eigenvalue weighted by molar-refractivity contribution is 5.35. The summed E-state index contributed by atoms with van der Waals surface area (Å²) in [5.41, 5.74) is 2.45. The van der Waals surface area contributed by atoms with Crippen LogP contribution in [0.5, 0.6) is 5.75 Å². The zero-order valence-corrected chi connectivity index (χ0v) is 11.8. The largest absolute Gasteiger partial charge is 0.496 e. The van der Waals surface area contributed by atoms with Crippen molar-refractivity contribution in [3.05, 3.63) is 47.8 Å². The van der Waals surface area contributed by atoms with Gasteiger partial charge in [-0.1, -0.05) is 18.2 Å². The predicted molar refractivity (Wildman–Crippen MR) is 76.3 cm³/mol. The molecule has 1 heterocycles. The Labute approximate surface area is 114 Å². The first kappa shape index (κ1) is 13.6. The van der Waals surface area contributed by atoms with Crippen LogP contribution in [0.15, 0.2) is 36.5 Å². The Balaban J connectivity index is 2.10. The second-order valence-corrected chi connectivity index (χ2v) is 4.57. The van der Waals surface area contributed by atoms with Crippen molar-refractivity contribution in [1.29, 1.82) is 0 Å². The van der Waals surface area contributed by atoms with Gasteiger partial charge in [0, 0.05) is 30.5 Å². The molecule has 4 nitrogen and oxygen atoms in total. The van der Waals surface area contributed by atoms with Gasteiger partial charge in [-0.15, -0.1) is 0 Å². The van der Waals surface area contributed by atoms with E-state index in [-0.39, 0.29) is 6.04 Å². The van der Waals surface area contributed by atoms with Crippen molar-refractivity contribution < 1.29 is 4.74 Å². The highest BCUT2D eigenvalue weighted by Gasteiger charge is 2.14. The smallest absolute Gasteiger partial charge is 0.123 e. The van der Waals surface area contributed by atoms with E-state index >= 15 is 0 Å². The molecule has 0 saturated heterocycles. The van der Waals surface area contributed by atoms with Crippen LogP contribution in [-0.4, -0.2) is 23.9 Å². The fourth-order valence-corrected chi connectivity index (χ4v) is 2.35. The van der Waals surface area contributed by atoms with Gasteiger partial charge in [-0.05, 0) is 32.0 Å². The lowest BCUT2D eigenvalue weighted by Gasteiger charge is -2.19. The third-order valence-corrected chi connectivity index (χ3v) is 3.47. The summed E-state index contributed by atoms with van der Waals surface area (Å²) in [6, 6.07) is 10.5. The number of para-hydroxylation sites is 1. The molecular weight excluding hydrogens is 238 g/mol. The lowest BCUT2D eigenvalue weighted by molar-refractivity contribution is 0.398. The Morgan fingerprint density at radius 2 is 2.11 bits per heavy atom. The summed E-state index contributed by atoms with van der Waals surface area (Å²) < 4.78 is 7.36. The second kappa shape index (κ2) is 6.38. The number of aryl methyl sites for hydroxylation is 2. The lowest BCUT2D eigenvalue weighted by Crippen LogP contribution is -2.18. The Hall–Kier alpha value is -1.81. The molecule has 0 aliphatic heterocycles. The summed E-state index contributed by atoms with van der Waals surface area (Å²) in [6.45, 7) is 0. The Bertz CT molecular complexity index is 522. The SMILES string of the molecule is CNC(CCc1ccnn1C)c1ccccc1OC. The van der Waals surface area contributed by atoms with Crippen LogP contribution < -0.4 is 10.1 Å². The maximum atomic E-state index is 5.43. The van der Waals surface area contributed by atoms with Crippen molar-refractivity contribution in [3.63, 3.8) is 0 Å². The molecule has 1 atom stereocenters. The molecule has 1 N–H and O–H groups in total. The second-order valence-electron chi connectivity index (χ2n) is 4.57. The molecule has 0 saturated carbocycles. The van der Waals surface area contributed by atoms with Crippen molar-refractivity contribution in [3.8, 4) is 5.75 Å². The van der Waals surface area contributed by atoms with Gasteiger partial charge in [0.15, 0.2) is 0 Å². The van der Waals surface area contributed by atoms with Crippen LogP contribution in [-0.2, 0) is 13.5 Å². The van der Waals surface area contributed by atoms with E-state index in [1.54, 1.807) is 7.11 Å². The van der Waals surface area contributed by atoms with Gasteiger partial charge >= 0.3 is 0 Å². The number of nitrogens with one attached hydrogen (secondary N) is 1. The number of methoxy groups -OCH3 is 1. The van der Waals surface area contributed by atoms with Gasteiger partial charge in [0.2, 0.25) is 0 Å². The first-order chi connectivity index (χ1) is 9.26. The standard InChI is InChI=1S/C15H21N3O/c1-16-14(9-8-12-10-11-17-18(12)2)13-6-4-5-7-15(13)19-3/h4-7,10-11,14,16H,8-9H2,1-3H3. The third kappa shape index (κ3) is 3.15. The minimum absolute atomic E-state index is 0.283. The number of rotatable bonds is 6. The van der Waals surface area contributed by atoms with E-state index in [0.29, 0.717) is 0 Å². The number of ether oxygens (including phenoxy) is 1. The number of nitrogens with zero attached hydrogens (tertiary/aromatic N) is 2. The summed E-state index contributed by atoms with van der Waals surface area (Å²) in [7, 11) is 5.68. The fraction of sp³-hybridized carbons (Fsp3) is 0.400. The average Bonchev–Trinajstić information content (AvgIpc) is 2.85. The minimum Gasteiger partial charge on any atom is -0.496 e. The summed E-state index contributed by atoms with van der Waals surface area (Å²) >= 11 is 0. The van der Waals surface area contributed by atoms with Crippen molar-refractivity contribution in [2.24, 2.45) is 7.05 Å². The molecule has 4 heteroatoms. The Morgan fingerprint density at radius 1 is 1.32 bits per heavy atom. The predicted octanol–water partition coefficient (Wildman–Crippen LogP) is 2.32. The van der Waals surface area contributed by atoms with E-state index in [4.69, 9.17) is 4.74 Å². The normalized spacial score (nSPS) is 12.4. The van der Waals surface area contributed by atoms with Gasteiger partial charge in [0.25, 0.3) is 0 Å². The molecule has 1 aromatic carbocycles. The summed E-state index contributed by atoms with van der Waals surface area (Å²) in [5.74, 6) is 0.937. The number of hydrogen-bond donors (Lipinski definition) is 1. The van der Waals surface area contributed by atoms with Gasteiger partial charge in [0.1, 0.15) is 5.75 Å². The molecule has 102 valence electrons. The molecule has 0 fully saturated rings. The van der Waals surface area contributed by atoms with E-state index in [0.717, 1.165) is 18.6 Å². The highest BCUT2D eigenvalue weighted by Crippen LogP contribution is 2.27. The summed E-state index contributed by atoms with van der Waals surface area (Å²) in [4.78, 5) is 0. The molecule has 0 spiro atoms. The molecule has 2 aromatic rings. The van der Waals surface area contributed by atoms with Gasteiger partial charge in [-0.3, -0.25) is 4.68 Å². The van der Waals surface area contributed by atoms with Crippen molar-refractivity contribution in [1.82, 2.24) is 15.1 Å². The van der Waals surface area contributed by atoms with Crippen LogP contribution in [0.3, 0.4) is 0 Å². The molecule has 0 bridgehead atoms. The number of benzene rings is 1. The maximum Gasteiger partial charge on any atom is 0.123 e. The first-order valence-electron chi connectivity index (χ1n) is 6.53. The molecule has 1 aromatic heterocycles. The average molecular weight is 259 g/mol. The van der Waals surface area contributed by atoms with Crippen LogP contribution in [0, 0.1) is 0 Å². The van der Waals surface area contributed by atoms with E-state index < -0.39 is 0 Å². The summed E-state index contributed by atoms with van der Waals surface area (Å²) in [5, 5.41) is 7.56. The van der Waals surface area contributed by atoms with E-state index in [2.05, 4.69) is 22.5 Å². The monoisotopic (exact) mass is 259 g/mol. The van der Waals surface area contributed by atoms with Crippen molar-refractivity contribution in [2.75, 3.05) is 14.2 Å².